The minimum absolute atomic E-state index is 0.225. The normalized spacial score (nSPS) is 11.8. The Morgan fingerprint density at radius 3 is 2.54 bits per heavy atom. The maximum atomic E-state index is 6.15. The number of anilines is 2. The first-order valence-electron chi connectivity index (χ1n) is 7.00. The van der Waals surface area contributed by atoms with Gasteiger partial charge in [0.1, 0.15) is 11.5 Å². The van der Waals surface area contributed by atoms with Gasteiger partial charge in [-0.1, -0.05) is 11.6 Å². The van der Waals surface area contributed by atoms with Gasteiger partial charge in [-0.05, 0) is 30.4 Å². The molecule has 0 radical (unpaired) electrons. The molecule has 0 bridgehead atoms. The van der Waals surface area contributed by atoms with Crippen LogP contribution in [0.1, 0.15) is 0 Å². The van der Waals surface area contributed by atoms with E-state index in [0.717, 1.165) is 5.69 Å². The summed E-state index contributed by atoms with van der Waals surface area (Å²) in [6.45, 7) is 0.225. The van der Waals surface area contributed by atoms with Crippen LogP contribution in [0, 0.1) is 0 Å². The van der Waals surface area contributed by atoms with Crippen molar-refractivity contribution < 1.29 is 18.9 Å². The van der Waals surface area contributed by atoms with Gasteiger partial charge in [-0.25, -0.2) is 0 Å². The zero-order chi connectivity index (χ0) is 17.1. The Kier molecular flexibility index (Phi) is 4.82. The second-order valence-corrected chi connectivity index (χ2v) is 5.65. The molecule has 0 amide bonds. The summed E-state index contributed by atoms with van der Waals surface area (Å²) in [6.07, 6.45) is 0. The monoisotopic (exact) mass is 366 g/mol. The first-order chi connectivity index (χ1) is 11.6. The number of methoxy groups -OCH3 is 2. The Labute approximate surface area is 149 Å². The Morgan fingerprint density at radius 2 is 1.79 bits per heavy atom. The standard InChI is InChI=1S/C16H15ClN2O4S/c1-20-13-7-14(21-2)11(6-10(13)17)19-16(24)18-9-3-4-12-15(5-9)23-8-22-12/h3-7H,8H2,1-2H3,(H2,18,19,24). The van der Waals surface area contributed by atoms with Crippen LogP contribution in [0.4, 0.5) is 11.4 Å². The highest BCUT2D eigenvalue weighted by molar-refractivity contribution is 7.80. The molecule has 8 heteroatoms. The Balaban J connectivity index is 1.74. The maximum Gasteiger partial charge on any atom is 0.231 e. The largest absolute Gasteiger partial charge is 0.495 e. The van der Waals surface area contributed by atoms with E-state index in [1.165, 1.54) is 0 Å². The molecule has 2 aromatic rings. The van der Waals surface area contributed by atoms with Gasteiger partial charge in [-0.2, -0.15) is 0 Å². The maximum absolute atomic E-state index is 6.15. The summed E-state index contributed by atoms with van der Waals surface area (Å²) in [5.74, 6) is 2.47. The highest BCUT2D eigenvalue weighted by Crippen LogP contribution is 2.36. The summed E-state index contributed by atoms with van der Waals surface area (Å²) in [5, 5.41) is 6.96. The van der Waals surface area contributed by atoms with Crippen LogP contribution in [-0.4, -0.2) is 26.1 Å². The van der Waals surface area contributed by atoms with Crippen molar-refractivity contribution in [3.05, 3.63) is 35.4 Å². The molecule has 0 unspecified atom stereocenters. The van der Waals surface area contributed by atoms with Crippen molar-refractivity contribution >= 4 is 40.3 Å². The molecule has 0 fully saturated rings. The van der Waals surface area contributed by atoms with Gasteiger partial charge in [0.05, 0.1) is 24.9 Å². The summed E-state index contributed by atoms with van der Waals surface area (Å²) >= 11 is 11.5. The number of nitrogens with one attached hydrogen (secondary N) is 2. The lowest BCUT2D eigenvalue weighted by Crippen LogP contribution is -2.19. The van der Waals surface area contributed by atoms with E-state index >= 15 is 0 Å². The van der Waals surface area contributed by atoms with Crippen LogP contribution in [0.2, 0.25) is 5.02 Å². The van der Waals surface area contributed by atoms with Gasteiger partial charge in [0.25, 0.3) is 0 Å². The molecule has 1 aliphatic rings. The molecule has 2 aromatic carbocycles. The molecule has 0 aromatic heterocycles. The summed E-state index contributed by atoms with van der Waals surface area (Å²) in [4.78, 5) is 0. The summed E-state index contributed by atoms with van der Waals surface area (Å²) in [5.41, 5.74) is 1.40. The number of thiocarbonyl (C=S) groups is 1. The molecule has 0 saturated heterocycles. The van der Waals surface area contributed by atoms with Gasteiger partial charge in [-0.3, -0.25) is 0 Å². The lowest BCUT2D eigenvalue weighted by molar-refractivity contribution is 0.174. The number of fused-ring (bicyclic) bond motifs is 1. The third-order valence-electron chi connectivity index (χ3n) is 3.35. The first-order valence-corrected chi connectivity index (χ1v) is 7.78. The van der Waals surface area contributed by atoms with Gasteiger partial charge in [0, 0.05) is 17.8 Å². The average molecular weight is 367 g/mol. The molecule has 24 heavy (non-hydrogen) atoms. The minimum atomic E-state index is 0.225. The third kappa shape index (κ3) is 3.42. The lowest BCUT2D eigenvalue weighted by atomic mass is 10.2. The van der Waals surface area contributed by atoms with Gasteiger partial charge >= 0.3 is 0 Å². The topological polar surface area (TPSA) is 61.0 Å². The van der Waals surface area contributed by atoms with Crippen molar-refractivity contribution in [2.24, 2.45) is 0 Å². The van der Waals surface area contributed by atoms with Gasteiger partial charge in [0.2, 0.25) is 6.79 Å². The zero-order valence-corrected chi connectivity index (χ0v) is 14.6. The van der Waals surface area contributed by atoms with Crippen LogP contribution in [0.15, 0.2) is 30.3 Å². The molecule has 3 rings (SSSR count). The fraction of sp³-hybridized carbons (Fsp3) is 0.188. The van der Waals surface area contributed by atoms with Gasteiger partial charge in [-0.15, -0.1) is 0 Å². The van der Waals surface area contributed by atoms with E-state index in [-0.39, 0.29) is 6.79 Å². The number of rotatable bonds is 4. The molecule has 126 valence electrons. The quantitative estimate of drug-likeness (QED) is 0.796. The second kappa shape index (κ2) is 7.02. The molecule has 0 aliphatic carbocycles. The van der Waals surface area contributed by atoms with E-state index < -0.39 is 0 Å². The number of halogens is 1. The molecule has 6 nitrogen and oxygen atoms in total. The number of hydrogen-bond acceptors (Lipinski definition) is 5. The molecule has 1 heterocycles. The van der Waals surface area contributed by atoms with Crippen LogP contribution in [0.25, 0.3) is 0 Å². The molecular formula is C16H15ClN2O4S. The lowest BCUT2D eigenvalue weighted by Gasteiger charge is -2.15. The molecule has 2 N–H and O–H groups in total. The smallest absolute Gasteiger partial charge is 0.231 e. The fourth-order valence-electron chi connectivity index (χ4n) is 2.22. The van der Waals surface area contributed by atoms with E-state index in [2.05, 4.69) is 10.6 Å². The zero-order valence-electron chi connectivity index (χ0n) is 13.0. The van der Waals surface area contributed by atoms with Crippen molar-refractivity contribution in [1.82, 2.24) is 0 Å². The Morgan fingerprint density at radius 1 is 1.04 bits per heavy atom. The van der Waals surface area contributed by atoms with Gasteiger partial charge < -0.3 is 29.6 Å². The second-order valence-electron chi connectivity index (χ2n) is 4.83. The average Bonchev–Trinajstić information content (AvgIpc) is 3.02. The van der Waals surface area contributed by atoms with Crippen molar-refractivity contribution in [2.45, 2.75) is 0 Å². The number of ether oxygens (including phenoxy) is 4. The van der Waals surface area contributed by atoms with E-state index in [4.69, 9.17) is 42.8 Å². The van der Waals surface area contributed by atoms with E-state index in [0.29, 0.717) is 38.8 Å². The molecular weight excluding hydrogens is 352 g/mol. The van der Waals surface area contributed by atoms with Crippen molar-refractivity contribution in [2.75, 3.05) is 31.6 Å². The molecule has 0 saturated carbocycles. The van der Waals surface area contributed by atoms with Crippen LogP contribution in [-0.2, 0) is 0 Å². The predicted octanol–water partition coefficient (Wildman–Crippen LogP) is 3.89. The molecule has 0 atom stereocenters. The minimum Gasteiger partial charge on any atom is -0.495 e. The Bertz CT molecular complexity index is 785. The predicted molar refractivity (Wildman–Crippen MR) is 97.0 cm³/mol. The SMILES string of the molecule is COc1cc(OC)c(NC(=S)Nc2ccc3c(c2)OCO3)cc1Cl. The van der Waals surface area contributed by atoms with Crippen LogP contribution in [0.5, 0.6) is 23.0 Å². The van der Waals surface area contributed by atoms with Crippen molar-refractivity contribution in [3.8, 4) is 23.0 Å². The highest BCUT2D eigenvalue weighted by Gasteiger charge is 2.14. The van der Waals surface area contributed by atoms with Crippen LogP contribution < -0.4 is 29.6 Å². The summed E-state index contributed by atoms with van der Waals surface area (Å²) < 4.78 is 21.1. The van der Waals surface area contributed by atoms with E-state index in [1.54, 1.807) is 26.4 Å². The number of hydrogen-bond donors (Lipinski definition) is 2. The van der Waals surface area contributed by atoms with E-state index in [9.17, 15) is 0 Å². The molecule has 1 aliphatic heterocycles. The van der Waals surface area contributed by atoms with Crippen LogP contribution >= 0.6 is 23.8 Å². The summed E-state index contributed by atoms with van der Waals surface area (Å²) in [7, 11) is 3.10. The highest BCUT2D eigenvalue weighted by atomic mass is 35.5. The van der Waals surface area contributed by atoms with E-state index in [1.807, 2.05) is 18.2 Å². The fourth-order valence-corrected chi connectivity index (χ4v) is 2.69. The third-order valence-corrected chi connectivity index (χ3v) is 3.85. The van der Waals surface area contributed by atoms with Crippen LogP contribution in [0.3, 0.4) is 0 Å². The van der Waals surface area contributed by atoms with Crippen molar-refractivity contribution in [3.63, 3.8) is 0 Å². The summed E-state index contributed by atoms with van der Waals surface area (Å²) in [6, 6.07) is 8.85. The molecule has 0 spiro atoms. The Hall–Kier alpha value is -2.38. The van der Waals surface area contributed by atoms with Gasteiger partial charge in [0.15, 0.2) is 16.6 Å². The number of benzene rings is 2. The first kappa shape index (κ1) is 16.5. The van der Waals surface area contributed by atoms with Crippen molar-refractivity contribution in [1.29, 1.82) is 0 Å².